The van der Waals surface area contributed by atoms with Crippen LogP contribution in [0.3, 0.4) is 0 Å². The number of sulfonamides is 1. The van der Waals surface area contributed by atoms with Crippen LogP contribution in [0.5, 0.6) is 0 Å². The Hall–Kier alpha value is -2.82. The first-order chi connectivity index (χ1) is 17.8. The average Bonchev–Trinajstić information content (AvgIpc) is 3.34. The first-order valence-corrected chi connectivity index (χ1v) is 14.6. The number of amides is 1. The molecule has 0 radical (unpaired) electrons. The maximum absolute atomic E-state index is 13.6. The number of carbonyl (C=O) groups is 1. The summed E-state index contributed by atoms with van der Waals surface area (Å²) in [5.41, 5.74) is 3.52. The molecule has 0 unspecified atom stereocenters. The Labute approximate surface area is 234 Å². The highest BCUT2D eigenvalue weighted by Gasteiger charge is 2.29. The van der Waals surface area contributed by atoms with E-state index in [-0.39, 0.29) is 23.2 Å². The fraction of sp³-hybridized carbons (Fsp3) is 0.286. The summed E-state index contributed by atoms with van der Waals surface area (Å²) in [5, 5.41) is 0.647. The topological polar surface area (TPSA) is 73.8 Å². The van der Waals surface area contributed by atoms with Crippen LogP contribution in [0.1, 0.15) is 27.9 Å². The summed E-state index contributed by atoms with van der Waals surface area (Å²) in [5.74, 6) is -0.186. The second kappa shape index (κ2) is 11.9. The molecule has 0 N–H and O–H groups in total. The van der Waals surface area contributed by atoms with Gasteiger partial charge in [0.25, 0.3) is 5.91 Å². The Morgan fingerprint density at radius 1 is 0.947 bits per heavy atom. The lowest BCUT2D eigenvalue weighted by Gasteiger charge is -2.28. The first kappa shape index (κ1) is 28.2. The Bertz CT molecular complexity index is 1490. The van der Waals surface area contributed by atoms with Crippen LogP contribution >= 0.6 is 23.7 Å². The van der Waals surface area contributed by atoms with Crippen molar-refractivity contribution in [2.45, 2.75) is 24.3 Å². The lowest BCUT2D eigenvalue weighted by molar-refractivity contribution is 0.0986. The number of para-hydroxylation sites is 1. The highest BCUT2D eigenvalue weighted by molar-refractivity contribution is 7.89. The summed E-state index contributed by atoms with van der Waals surface area (Å²) in [6, 6.07) is 22.1. The zero-order valence-electron chi connectivity index (χ0n) is 21.4. The minimum atomic E-state index is -3.67. The number of hydrogen-bond donors (Lipinski definition) is 0. The van der Waals surface area contributed by atoms with E-state index in [1.54, 1.807) is 29.2 Å². The molecule has 3 aromatic carbocycles. The lowest BCUT2D eigenvalue weighted by atomic mass is 10.0. The Kier molecular flexibility index (Phi) is 8.85. The maximum atomic E-state index is 13.6. The van der Waals surface area contributed by atoms with Crippen molar-refractivity contribution in [1.29, 1.82) is 0 Å². The van der Waals surface area contributed by atoms with Crippen LogP contribution in [0.15, 0.2) is 77.7 Å². The summed E-state index contributed by atoms with van der Waals surface area (Å²) in [4.78, 5) is 22.3. The molecule has 0 saturated heterocycles. The van der Waals surface area contributed by atoms with Crippen molar-refractivity contribution < 1.29 is 13.2 Å². The van der Waals surface area contributed by atoms with Crippen LogP contribution < -0.4 is 4.90 Å². The van der Waals surface area contributed by atoms with Crippen molar-refractivity contribution >= 4 is 55.0 Å². The van der Waals surface area contributed by atoms with Crippen LogP contribution in [-0.2, 0) is 23.0 Å². The van der Waals surface area contributed by atoms with E-state index in [2.05, 4.69) is 11.0 Å². The number of rotatable bonds is 8. The van der Waals surface area contributed by atoms with Crippen LogP contribution in [0.4, 0.5) is 5.13 Å². The molecule has 4 aromatic rings. The third kappa shape index (κ3) is 5.92. The van der Waals surface area contributed by atoms with E-state index in [1.165, 1.54) is 21.2 Å². The molecule has 5 rings (SSSR count). The molecule has 1 aliphatic rings. The molecule has 0 saturated carbocycles. The van der Waals surface area contributed by atoms with Gasteiger partial charge in [-0.25, -0.2) is 13.4 Å². The van der Waals surface area contributed by atoms with Gasteiger partial charge in [-0.1, -0.05) is 47.7 Å². The molecule has 1 aromatic heterocycles. The first-order valence-electron chi connectivity index (χ1n) is 12.3. The number of aromatic nitrogens is 1. The fourth-order valence-corrected chi connectivity index (χ4v) is 6.96. The lowest BCUT2D eigenvalue weighted by Crippen LogP contribution is -2.36. The van der Waals surface area contributed by atoms with E-state index in [0.717, 1.165) is 28.7 Å². The highest BCUT2D eigenvalue weighted by Crippen LogP contribution is 2.30. The second-order valence-corrected chi connectivity index (χ2v) is 12.4. The molecule has 0 aliphatic carbocycles. The molecule has 7 nitrogen and oxygen atoms in total. The van der Waals surface area contributed by atoms with Gasteiger partial charge in [-0.15, -0.1) is 12.4 Å². The number of nitrogens with zero attached hydrogens (tertiary/aromatic N) is 4. The van der Waals surface area contributed by atoms with Gasteiger partial charge in [0.15, 0.2) is 5.13 Å². The van der Waals surface area contributed by atoms with E-state index < -0.39 is 10.0 Å². The second-order valence-electron chi connectivity index (χ2n) is 9.46. The van der Waals surface area contributed by atoms with Crippen molar-refractivity contribution in [2.24, 2.45) is 0 Å². The molecule has 200 valence electrons. The highest BCUT2D eigenvalue weighted by atomic mass is 35.5. The number of fused-ring (bicyclic) bond motifs is 2. The quantitative estimate of drug-likeness (QED) is 0.296. The average molecular weight is 571 g/mol. The molecule has 0 atom stereocenters. The largest absolute Gasteiger partial charge is 0.309 e. The summed E-state index contributed by atoms with van der Waals surface area (Å²) in [6.45, 7) is 2.16. The van der Waals surface area contributed by atoms with Gasteiger partial charge in [-0.3, -0.25) is 9.69 Å². The van der Waals surface area contributed by atoms with Gasteiger partial charge in [0, 0.05) is 25.2 Å². The predicted molar refractivity (Wildman–Crippen MR) is 156 cm³/mol. The summed E-state index contributed by atoms with van der Waals surface area (Å²) in [7, 11) is 0.340. The minimum Gasteiger partial charge on any atom is -0.309 e. The van der Waals surface area contributed by atoms with Gasteiger partial charge in [0.1, 0.15) is 0 Å². The monoisotopic (exact) mass is 570 g/mol. The molecule has 38 heavy (non-hydrogen) atoms. The van der Waals surface area contributed by atoms with E-state index in [0.29, 0.717) is 36.8 Å². The van der Waals surface area contributed by atoms with Crippen LogP contribution in [0.25, 0.3) is 10.2 Å². The van der Waals surface area contributed by atoms with Crippen molar-refractivity contribution in [1.82, 2.24) is 14.2 Å². The third-order valence-electron chi connectivity index (χ3n) is 6.58. The van der Waals surface area contributed by atoms with Crippen molar-refractivity contribution in [3.63, 3.8) is 0 Å². The molecule has 10 heteroatoms. The molecule has 2 heterocycles. The SMILES string of the molecule is CN(C)CCCN(C(=O)c1ccc(S(=O)(=O)N2CCc3ccccc3C2)cc1)c1nc2ccccc2s1.Cl. The molecular formula is C28H31ClN4O3S2. The maximum Gasteiger partial charge on any atom is 0.260 e. The normalized spacial score (nSPS) is 13.8. The Morgan fingerprint density at radius 2 is 1.63 bits per heavy atom. The number of anilines is 1. The number of hydrogen-bond acceptors (Lipinski definition) is 6. The standard InChI is InChI=1S/C28H30N4O3S2.ClH/c1-30(2)17-7-18-32(28-29-25-10-5-6-11-26(25)36-28)27(33)22-12-14-24(15-13-22)37(34,35)31-19-16-21-8-3-4-9-23(21)20-31;/h3-6,8-15H,7,16-20H2,1-2H3;1H. The summed E-state index contributed by atoms with van der Waals surface area (Å²) in [6.07, 6.45) is 1.48. The third-order valence-corrected chi connectivity index (χ3v) is 9.50. The fourth-order valence-electron chi connectivity index (χ4n) is 4.55. The Morgan fingerprint density at radius 3 is 2.34 bits per heavy atom. The van der Waals surface area contributed by atoms with E-state index in [9.17, 15) is 13.2 Å². The zero-order chi connectivity index (χ0) is 26.0. The van der Waals surface area contributed by atoms with Crippen molar-refractivity contribution in [3.8, 4) is 0 Å². The van der Waals surface area contributed by atoms with Crippen molar-refractivity contribution in [3.05, 3.63) is 89.5 Å². The zero-order valence-corrected chi connectivity index (χ0v) is 23.9. The minimum absolute atomic E-state index is 0. The van der Waals surface area contributed by atoms with Gasteiger partial charge in [-0.2, -0.15) is 4.31 Å². The summed E-state index contributed by atoms with van der Waals surface area (Å²) < 4.78 is 29.2. The van der Waals surface area contributed by atoms with E-state index in [1.807, 2.05) is 56.6 Å². The number of thiazole rings is 1. The Balaban J connectivity index is 0.00000336. The molecule has 0 bridgehead atoms. The summed E-state index contributed by atoms with van der Waals surface area (Å²) >= 11 is 1.49. The molecular weight excluding hydrogens is 540 g/mol. The number of halogens is 1. The molecule has 0 fully saturated rings. The van der Waals surface area contributed by atoms with Gasteiger partial charge in [0.05, 0.1) is 15.1 Å². The van der Waals surface area contributed by atoms with Gasteiger partial charge >= 0.3 is 0 Å². The van der Waals surface area contributed by atoms with E-state index >= 15 is 0 Å². The smallest absolute Gasteiger partial charge is 0.260 e. The number of carbonyl (C=O) groups excluding carboxylic acids is 1. The van der Waals surface area contributed by atoms with Gasteiger partial charge in [-0.05, 0) is 81.0 Å². The van der Waals surface area contributed by atoms with Crippen LogP contribution in [-0.4, -0.2) is 62.2 Å². The number of benzene rings is 3. The van der Waals surface area contributed by atoms with Gasteiger partial charge < -0.3 is 4.90 Å². The van der Waals surface area contributed by atoms with Crippen molar-refractivity contribution in [2.75, 3.05) is 38.6 Å². The molecule has 0 spiro atoms. The molecule has 1 aliphatic heterocycles. The van der Waals surface area contributed by atoms with Crippen LogP contribution in [0, 0.1) is 0 Å². The predicted octanol–water partition coefficient (Wildman–Crippen LogP) is 5.06. The molecule has 1 amide bonds. The van der Waals surface area contributed by atoms with E-state index in [4.69, 9.17) is 4.98 Å². The van der Waals surface area contributed by atoms with Crippen LogP contribution in [0.2, 0.25) is 0 Å². The van der Waals surface area contributed by atoms with Gasteiger partial charge in [0.2, 0.25) is 10.0 Å².